The third-order valence-electron chi connectivity index (χ3n) is 1.67. The van der Waals surface area contributed by atoms with Gasteiger partial charge in [0.15, 0.2) is 0 Å². The maximum Gasteiger partial charge on any atom is 0.0695 e. The van der Waals surface area contributed by atoms with E-state index in [0.29, 0.717) is 0 Å². The first-order valence-electron chi connectivity index (χ1n) is 5.22. The van der Waals surface area contributed by atoms with E-state index in [-0.39, 0.29) is 0 Å². The Hall–Kier alpha value is -0.483. The molecule has 0 heterocycles. The van der Waals surface area contributed by atoms with Gasteiger partial charge in [-0.05, 0) is 12.5 Å². The molecule has 0 atom stereocenters. The minimum atomic E-state index is -1.02. The van der Waals surface area contributed by atoms with Crippen LogP contribution in [0.15, 0.2) is 11.8 Å². The molecule has 0 aliphatic heterocycles. The zero-order valence-electron chi connectivity index (χ0n) is 9.48. The molecule has 0 bridgehead atoms. The molecular formula is C12H22Si. The molecule has 0 saturated carbocycles. The molecule has 0 aromatic carbocycles. The van der Waals surface area contributed by atoms with Crippen LogP contribution in [0.3, 0.4) is 0 Å². The van der Waals surface area contributed by atoms with Gasteiger partial charge in [0.1, 0.15) is 0 Å². The molecule has 1 heteroatoms. The Labute approximate surface area is 84.4 Å². The number of unbranched alkanes of at least 4 members (excludes halogenated alkanes) is 3. The normalized spacial score (nSPS) is 11.4. The van der Waals surface area contributed by atoms with Crippen molar-refractivity contribution in [2.45, 2.75) is 52.2 Å². The van der Waals surface area contributed by atoms with Crippen molar-refractivity contribution in [2.24, 2.45) is 0 Å². The van der Waals surface area contributed by atoms with Gasteiger partial charge >= 0.3 is 0 Å². The van der Waals surface area contributed by atoms with Crippen LogP contribution in [0.5, 0.6) is 0 Å². The first kappa shape index (κ1) is 12.5. The molecule has 0 aliphatic rings. The van der Waals surface area contributed by atoms with E-state index in [1.54, 1.807) is 0 Å². The first-order valence-corrected chi connectivity index (χ1v) is 8.80. The molecular weight excluding hydrogens is 172 g/mol. The second kappa shape index (κ2) is 6.97. The van der Waals surface area contributed by atoms with Crippen LogP contribution in [-0.2, 0) is 0 Å². The average molecular weight is 194 g/mol. The van der Waals surface area contributed by atoms with E-state index in [2.05, 4.69) is 44.1 Å². The summed E-state index contributed by atoms with van der Waals surface area (Å²) in [6.45, 7) is 9.19. The summed E-state index contributed by atoms with van der Waals surface area (Å²) >= 11 is 0. The van der Waals surface area contributed by atoms with Gasteiger partial charge in [0, 0.05) is 6.42 Å². The molecule has 0 nitrogen and oxygen atoms in total. The topological polar surface area (TPSA) is 0 Å². The average Bonchev–Trinajstić information content (AvgIpc) is 2.01. The van der Waals surface area contributed by atoms with E-state index < -0.39 is 8.07 Å². The van der Waals surface area contributed by atoms with Crippen LogP contribution in [0.4, 0.5) is 0 Å². The van der Waals surface area contributed by atoms with Crippen molar-refractivity contribution in [1.29, 1.82) is 0 Å². The smallest absolute Gasteiger partial charge is 0.0695 e. The molecule has 0 rings (SSSR count). The largest absolute Gasteiger partial charge is 0.0985 e. The fraction of sp³-hybridized carbons (Fsp3) is 0.667. The Kier molecular flexibility index (Phi) is 6.71. The Balaban J connectivity index is 3.56. The number of rotatable bonds is 4. The number of allylic oxidation sites excluding steroid dienone is 1. The van der Waals surface area contributed by atoms with Gasteiger partial charge in [0.05, 0.1) is 8.07 Å². The van der Waals surface area contributed by atoms with Crippen molar-refractivity contribution in [1.82, 2.24) is 0 Å². The summed E-state index contributed by atoms with van der Waals surface area (Å²) in [4.78, 5) is 0. The van der Waals surface area contributed by atoms with Crippen LogP contribution >= 0.6 is 0 Å². The fourth-order valence-corrected chi connectivity index (χ4v) is 1.47. The van der Waals surface area contributed by atoms with Crippen LogP contribution in [0, 0.1) is 11.8 Å². The minimum Gasteiger partial charge on any atom is -0.0985 e. The molecule has 0 aromatic heterocycles. The lowest BCUT2D eigenvalue weighted by Crippen LogP contribution is -2.14. The zero-order chi connectivity index (χ0) is 10.2. The maximum absolute atomic E-state index is 3.18. The van der Waals surface area contributed by atoms with Gasteiger partial charge < -0.3 is 0 Å². The summed E-state index contributed by atoms with van der Waals surface area (Å²) < 4.78 is 0. The predicted molar refractivity (Wildman–Crippen MR) is 64.4 cm³/mol. The van der Waals surface area contributed by atoms with Gasteiger partial charge in [-0.3, -0.25) is 0 Å². The molecule has 0 spiro atoms. The van der Waals surface area contributed by atoms with Gasteiger partial charge in [-0.2, -0.15) is 0 Å². The number of hydrogen-bond acceptors (Lipinski definition) is 0. The molecule has 0 unspecified atom stereocenters. The van der Waals surface area contributed by atoms with E-state index >= 15 is 0 Å². The van der Waals surface area contributed by atoms with Crippen molar-refractivity contribution in [3.05, 3.63) is 11.8 Å². The first-order chi connectivity index (χ1) is 6.06. The van der Waals surface area contributed by atoms with Crippen LogP contribution in [0.2, 0.25) is 19.6 Å². The third-order valence-corrected chi connectivity index (χ3v) is 2.84. The molecule has 0 N–H and O–H groups in total. The van der Waals surface area contributed by atoms with Gasteiger partial charge in [-0.1, -0.05) is 56.9 Å². The van der Waals surface area contributed by atoms with Crippen LogP contribution in [0.1, 0.15) is 32.6 Å². The lowest BCUT2D eigenvalue weighted by atomic mass is 10.2. The summed E-state index contributed by atoms with van der Waals surface area (Å²) in [5.41, 5.74) is 2.29. The summed E-state index contributed by atoms with van der Waals surface area (Å²) in [7, 11) is -1.02. The van der Waals surface area contributed by atoms with Crippen LogP contribution in [-0.4, -0.2) is 8.07 Å². The monoisotopic (exact) mass is 194 g/mol. The highest BCUT2D eigenvalue weighted by Gasteiger charge is 2.05. The highest BCUT2D eigenvalue weighted by molar-refractivity contribution is 6.81. The Morgan fingerprint density at radius 1 is 1.15 bits per heavy atom. The molecule has 0 fully saturated rings. The van der Waals surface area contributed by atoms with Gasteiger partial charge in [0.25, 0.3) is 0 Å². The fourth-order valence-electron chi connectivity index (χ4n) is 0.886. The standard InChI is InChI=1S/C12H22Si/c1-5-6-7-8-9-10-11-12-13(2,3)4/h11-12H,5-8H2,1-4H3/b12-11+. The summed E-state index contributed by atoms with van der Waals surface area (Å²) in [5.74, 6) is 6.28. The lowest BCUT2D eigenvalue weighted by Gasteiger charge is -2.05. The van der Waals surface area contributed by atoms with Crippen molar-refractivity contribution >= 4 is 8.07 Å². The van der Waals surface area contributed by atoms with E-state index in [1.807, 2.05) is 6.08 Å². The summed E-state index contributed by atoms with van der Waals surface area (Å²) in [5, 5.41) is 0. The Bertz CT molecular complexity index is 197. The molecule has 0 aromatic rings. The van der Waals surface area contributed by atoms with Crippen molar-refractivity contribution in [2.75, 3.05) is 0 Å². The van der Waals surface area contributed by atoms with Gasteiger partial charge in [-0.25, -0.2) is 0 Å². The summed E-state index contributed by atoms with van der Waals surface area (Å²) in [6.07, 6.45) is 6.95. The molecule has 74 valence electrons. The van der Waals surface area contributed by atoms with Gasteiger partial charge in [-0.15, -0.1) is 0 Å². The molecule has 0 amide bonds. The van der Waals surface area contributed by atoms with Crippen LogP contribution < -0.4 is 0 Å². The van der Waals surface area contributed by atoms with E-state index in [1.165, 1.54) is 19.3 Å². The molecule has 0 saturated heterocycles. The second-order valence-corrected chi connectivity index (χ2v) is 9.54. The summed E-state index contributed by atoms with van der Waals surface area (Å²) in [6, 6.07) is 0. The SMILES string of the molecule is CCCCCC#C/C=C/[Si](C)(C)C. The molecule has 0 aliphatic carbocycles. The number of hydrogen-bond donors (Lipinski definition) is 0. The third kappa shape index (κ3) is 11.5. The van der Waals surface area contributed by atoms with E-state index in [0.717, 1.165) is 6.42 Å². The lowest BCUT2D eigenvalue weighted by molar-refractivity contribution is 0.737. The highest BCUT2D eigenvalue weighted by atomic mass is 28.3. The Morgan fingerprint density at radius 3 is 2.38 bits per heavy atom. The Morgan fingerprint density at radius 2 is 1.85 bits per heavy atom. The second-order valence-electron chi connectivity index (χ2n) is 4.48. The highest BCUT2D eigenvalue weighted by Crippen LogP contribution is 2.01. The van der Waals surface area contributed by atoms with Crippen molar-refractivity contribution in [3.8, 4) is 11.8 Å². The quantitative estimate of drug-likeness (QED) is 0.360. The molecule has 13 heavy (non-hydrogen) atoms. The molecule has 0 radical (unpaired) electrons. The maximum atomic E-state index is 3.18. The van der Waals surface area contributed by atoms with Crippen molar-refractivity contribution < 1.29 is 0 Å². The van der Waals surface area contributed by atoms with Crippen LogP contribution in [0.25, 0.3) is 0 Å². The van der Waals surface area contributed by atoms with Gasteiger partial charge in [0.2, 0.25) is 0 Å². The van der Waals surface area contributed by atoms with E-state index in [4.69, 9.17) is 0 Å². The minimum absolute atomic E-state index is 1.02. The zero-order valence-corrected chi connectivity index (χ0v) is 10.5. The van der Waals surface area contributed by atoms with Crippen molar-refractivity contribution in [3.63, 3.8) is 0 Å². The van der Waals surface area contributed by atoms with E-state index in [9.17, 15) is 0 Å². The predicted octanol–water partition coefficient (Wildman–Crippen LogP) is 4.00.